The van der Waals surface area contributed by atoms with Gasteiger partial charge in [0.2, 0.25) is 0 Å². The zero-order valence-electron chi connectivity index (χ0n) is 12.5. The molecule has 110 valence electrons. The van der Waals surface area contributed by atoms with Gasteiger partial charge in [0.15, 0.2) is 0 Å². The highest BCUT2D eigenvalue weighted by Gasteiger charge is 2.26. The van der Waals surface area contributed by atoms with E-state index >= 15 is 0 Å². The van der Waals surface area contributed by atoms with Crippen molar-refractivity contribution in [2.45, 2.75) is 25.5 Å². The highest BCUT2D eigenvalue weighted by molar-refractivity contribution is 5.18. The molecule has 0 unspecified atom stereocenters. The van der Waals surface area contributed by atoms with Crippen molar-refractivity contribution in [1.82, 2.24) is 9.88 Å². The zero-order chi connectivity index (χ0) is 14.5. The standard InChI is InChI=1S/C18H22N2O/c1-15-14-21-18(17-7-3-2-4-8-17)13-20(15)11-9-16-6-5-10-19-12-16/h2-8,10,12,15,18H,9,11,13-14H2,1H3/t15-,18-/m0/s1. The normalized spacial score (nSPS) is 23.1. The molecule has 0 spiro atoms. The molecule has 2 aromatic rings. The van der Waals surface area contributed by atoms with Crippen LogP contribution >= 0.6 is 0 Å². The molecular weight excluding hydrogens is 260 g/mol. The quantitative estimate of drug-likeness (QED) is 0.861. The first-order chi connectivity index (χ1) is 10.3. The summed E-state index contributed by atoms with van der Waals surface area (Å²) in [6, 6.07) is 15.1. The Morgan fingerprint density at radius 3 is 2.81 bits per heavy atom. The Morgan fingerprint density at radius 1 is 1.19 bits per heavy atom. The van der Waals surface area contributed by atoms with Gasteiger partial charge >= 0.3 is 0 Å². The molecule has 0 saturated carbocycles. The van der Waals surface area contributed by atoms with Crippen LogP contribution in [0.3, 0.4) is 0 Å². The molecule has 1 saturated heterocycles. The lowest BCUT2D eigenvalue weighted by Gasteiger charge is -2.38. The number of rotatable bonds is 4. The fourth-order valence-corrected chi connectivity index (χ4v) is 2.81. The van der Waals surface area contributed by atoms with Crippen molar-refractivity contribution in [3.8, 4) is 0 Å². The molecule has 2 heterocycles. The second-order valence-electron chi connectivity index (χ2n) is 5.69. The monoisotopic (exact) mass is 282 g/mol. The number of morpholine rings is 1. The lowest BCUT2D eigenvalue weighted by atomic mass is 10.1. The first-order valence-corrected chi connectivity index (χ1v) is 7.62. The Labute approximate surface area is 126 Å². The molecule has 2 atom stereocenters. The highest BCUT2D eigenvalue weighted by atomic mass is 16.5. The lowest BCUT2D eigenvalue weighted by Crippen LogP contribution is -2.45. The van der Waals surface area contributed by atoms with Gasteiger partial charge in [-0.2, -0.15) is 0 Å². The second-order valence-corrected chi connectivity index (χ2v) is 5.69. The Kier molecular flexibility index (Phi) is 4.63. The maximum Gasteiger partial charge on any atom is 0.0952 e. The summed E-state index contributed by atoms with van der Waals surface area (Å²) in [4.78, 5) is 6.71. The molecule has 3 heteroatoms. The molecule has 0 aliphatic carbocycles. The Bertz CT molecular complexity index is 544. The Hall–Kier alpha value is -1.71. The van der Waals surface area contributed by atoms with Crippen molar-refractivity contribution in [3.05, 3.63) is 66.0 Å². The van der Waals surface area contributed by atoms with Crippen LogP contribution in [0.5, 0.6) is 0 Å². The van der Waals surface area contributed by atoms with Gasteiger partial charge in [-0.25, -0.2) is 0 Å². The summed E-state index contributed by atoms with van der Waals surface area (Å²) in [5, 5.41) is 0. The molecule has 0 radical (unpaired) electrons. The van der Waals surface area contributed by atoms with Gasteiger partial charge in [-0.05, 0) is 30.5 Å². The van der Waals surface area contributed by atoms with Gasteiger partial charge in [-0.1, -0.05) is 36.4 Å². The van der Waals surface area contributed by atoms with E-state index in [9.17, 15) is 0 Å². The number of hydrogen-bond acceptors (Lipinski definition) is 3. The van der Waals surface area contributed by atoms with Crippen molar-refractivity contribution in [3.63, 3.8) is 0 Å². The van der Waals surface area contributed by atoms with Crippen LogP contribution in [-0.4, -0.2) is 35.6 Å². The molecule has 3 rings (SSSR count). The minimum atomic E-state index is 0.191. The third-order valence-corrected chi connectivity index (χ3v) is 4.14. The molecule has 3 nitrogen and oxygen atoms in total. The van der Waals surface area contributed by atoms with E-state index in [-0.39, 0.29) is 6.10 Å². The van der Waals surface area contributed by atoms with E-state index in [0.29, 0.717) is 6.04 Å². The SMILES string of the molecule is C[C@H]1CO[C@H](c2ccccc2)CN1CCc1cccnc1. The zero-order valence-corrected chi connectivity index (χ0v) is 12.5. The van der Waals surface area contributed by atoms with Crippen LogP contribution in [0.15, 0.2) is 54.9 Å². The third kappa shape index (κ3) is 3.69. The van der Waals surface area contributed by atoms with Crippen LogP contribution in [-0.2, 0) is 11.2 Å². The minimum absolute atomic E-state index is 0.191. The summed E-state index contributed by atoms with van der Waals surface area (Å²) in [7, 11) is 0. The Balaban J connectivity index is 1.61. The third-order valence-electron chi connectivity index (χ3n) is 4.14. The van der Waals surface area contributed by atoms with Gasteiger partial charge in [0.05, 0.1) is 12.7 Å². The van der Waals surface area contributed by atoms with E-state index in [2.05, 4.69) is 53.2 Å². The van der Waals surface area contributed by atoms with E-state index in [1.165, 1.54) is 11.1 Å². The van der Waals surface area contributed by atoms with E-state index in [0.717, 1.165) is 26.1 Å². The average molecular weight is 282 g/mol. The van der Waals surface area contributed by atoms with E-state index in [1.54, 1.807) is 0 Å². The molecule has 1 aliphatic rings. The highest BCUT2D eigenvalue weighted by Crippen LogP contribution is 2.24. The summed E-state index contributed by atoms with van der Waals surface area (Å²) in [5.41, 5.74) is 2.57. The number of benzene rings is 1. The summed E-state index contributed by atoms with van der Waals surface area (Å²) in [5.74, 6) is 0. The fraction of sp³-hybridized carbons (Fsp3) is 0.389. The molecule has 1 aliphatic heterocycles. The van der Waals surface area contributed by atoms with Crippen LogP contribution in [0.1, 0.15) is 24.2 Å². The van der Waals surface area contributed by atoms with Crippen LogP contribution in [0.2, 0.25) is 0 Å². The first-order valence-electron chi connectivity index (χ1n) is 7.62. The smallest absolute Gasteiger partial charge is 0.0952 e. The molecule has 21 heavy (non-hydrogen) atoms. The predicted molar refractivity (Wildman–Crippen MR) is 84.1 cm³/mol. The van der Waals surface area contributed by atoms with Crippen molar-refractivity contribution < 1.29 is 4.74 Å². The van der Waals surface area contributed by atoms with Crippen LogP contribution in [0, 0.1) is 0 Å². The summed E-state index contributed by atoms with van der Waals surface area (Å²) in [6.45, 7) is 5.06. The number of pyridine rings is 1. The van der Waals surface area contributed by atoms with E-state index in [1.807, 2.05) is 18.5 Å². The van der Waals surface area contributed by atoms with Gasteiger partial charge in [0.25, 0.3) is 0 Å². The maximum atomic E-state index is 6.00. The number of nitrogens with zero attached hydrogens (tertiary/aromatic N) is 2. The Morgan fingerprint density at radius 2 is 2.05 bits per heavy atom. The van der Waals surface area contributed by atoms with Crippen LogP contribution < -0.4 is 0 Å². The van der Waals surface area contributed by atoms with Crippen molar-refractivity contribution in [2.75, 3.05) is 19.7 Å². The number of aromatic nitrogens is 1. The topological polar surface area (TPSA) is 25.4 Å². The maximum absolute atomic E-state index is 6.00. The molecular formula is C18H22N2O. The average Bonchev–Trinajstić information content (AvgIpc) is 2.56. The second kappa shape index (κ2) is 6.83. The van der Waals surface area contributed by atoms with E-state index < -0.39 is 0 Å². The predicted octanol–water partition coefficient (Wildman–Crippen LogP) is 3.09. The van der Waals surface area contributed by atoms with Gasteiger partial charge in [-0.3, -0.25) is 9.88 Å². The first kappa shape index (κ1) is 14.2. The van der Waals surface area contributed by atoms with Crippen LogP contribution in [0.25, 0.3) is 0 Å². The van der Waals surface area contributed by atoms with Gasteiger partial charge in [0.1, 0.15) is 0 Å². The fourth-order valence-electron chi connectivity index (χ4n) is 2.81. The summed E-state index contributed by atoms with van der Waals surface area (Å²) >= 11 is 0. The molecule has 1 aromatic heterocycles. The molecule has 0 N–H and O–H groups in total. The van der Waals surface area contributed by atoms with Gasteiger partial charge in [0, 0.05) is 31.5 Å². The molecule has 0 amide bonds. The van der Waals surface area contributed by atoms with Crippen molar-refractivity contribution in [1.29, 1.82) is 0 Å². The lowest BCUT2D eigenvalue weighted by molar-refractivity contribution is -0.0595. The minimum Gasteiger partial charge on any atom is -0.371 e. The van der Waals surface area contributed by atoms with E-state index in [4.69, 9.17) is 4.74 Å². The van der Waals surface area contributed by atoms with Gasteiger partial charge in [-0.15, -0.1) is 0 Å². The summed E-state index contributed by atoms with van der Waals surface area (Å²) < 4.78 is 6.00. The molecule has 0 bridgehead atoms. The summed E-state index contributed by atoms with van der Waals surface area (Å²) in [6.07, 6.45) is 5.02. The largest absolute Gasteiger partial charge is 0.371 e. The number of ether oxygens (including phenoxy) is 1. The molecule has 1 aromatic carbocycles. The van der Waals surface area contributed by atoms with Gasteiger partial charge < -0.3 is 4.74 Å². The number of hydrogen-bond donors (Lipinski definition) is 0. The van der Waals surface area contributed by atoms with Crippen LogP contribution in [0.4, 0.5) is 0 Å². The van der Waals surface area contributed by atoms with Crippen molar-refractivity contribution >= 4 is 0 Å². The molecule has 1 fully saturated rings. The van der Waals surface area contributed by atoms with Crippen molar-refractivity contribution in [2.24, 2.45) is 0 Å².